The largest absolute Gasteiger partial charge is 0.453 e. The van der Waals surface area contributed by atoms with Crippen molar-refractivity contribution in [3.63, 3.8) is 0 Å². The molecule has 0 aromatic heterocycles. The molecule has 0 saturated carbocycles. The second-order valence-electron chi connectivity index (χ2n) is 3.63. The highest BCUT2D eigenvalue weighted by molar-refractivity contribution is 9.09. The number of likely N-dealkylation sites (tertiary alicyclic amines) is 1. The highest BCUT2D eigenvalue weighted by Crippen LogP contribution is 2.18. The van der Waals surface area contributed by atoms with Crippen LogP contribution >= 0.6 is 15.9 Å². The van der Waals surface area contributed by atoms with Crippen molar-refractivity contribution in [2.75, 3.05) is 19.0 Å². The molecule has 5 heteroatoms. The number of carbonyl (C=O) groups excluding carboxylic acids is 2. The van der Waals surface area contributed by atoms with Crippen molar-refractivity contribution < 1.29 is 14.3 Å². The molecule has 86 valence electrons. The van der Waals surface area contributed by atoms with E-state index in [4.69, 9.17) is 0 Å². The molecule has 0 aromatic rings. The molecule has 1 saturated heterocycles. The Morgan fingerprint density at radius 3 is 2.73 bits per heavy atom. The van der Waals surface area contributed by atoms with Gasteiger partial charge in [0, 0.05) is 6.54 Å². The quantitative estimate of drug-likeness (QED) is 0.725. The maximum Gasteiger partial charge on any atom is 0.410 e. The van der Waals surface area contributed by atoms with Crippen LogP contribution in [0.4, 0.5) is 4.79 Å². The summed E-state index contributed by atoms with van der Waals surface area (Å²) in [4.78, 5) is 24.7. The Morgan fingerprint density at radius 2 is 2.13 bits per heavy atom. The summed E-state index contributed by atoms with van der Waals surface area (Å²) in [6.07, 6.45) is 3.37. The maximum atomic E-state index is 11.7. The molecule has 0 aromatic carbocycles. The summed E-state index contributed by atoms with van der Waals surface area (Å²) < 4.78 is 4.69. The van der Waals surface area contributed by atoms with Crippen LogP contribution in [0.1, 0.15) is 25.7 Å². The van der Waals surface area contributed by atoms with Crippen molar-refractivity contribution in [3.05, 3.63) is 0 Å². The molecule has 0 N–H and O–H groups in total. The average Bonchev–Trinajstić information content (AvgIpc) is 2.52. The molecule has 1 rings (SSSR count). The predicted octanol–water partition coefficient (Wildman–Crippen LogP) is 1.96. The van der Waals surface area contributed by atoms with Crippen molar-refractivity contribution in [1.29, 1.82) is 0 Å². The number of Topliss-reactive ketones (excluding diaryl/α,β-unsaturated/α-hetero) is 1. The van der Waals surface area contributed by atoms with Gasteiger partial charge in [-0.25, -0.2) is 4.79 Å². The molecule has 1 fully saturated rings. The van der Waals surface area contributed by atoms with E-state index in [0.717, 1.165) is 25.7 Å². The number of halogens is 1. The van der Waals surface area contributed by atoms with Crippen LogP contribution in [-0.2, 0) is 9.53 Å². The molecule has 1 unspecified atom stereocenters. The number of methoxy groups -OCH3 is 1. The lowest BCUT2D eigenvalue weighted by atomic mass is 10.1. The summed E-state index contributed by atoms with van der Waals surface area (Å²) in [5, 5.41) is 0.297. The summed E-state index contributed by atoms with van der Waals surface area (Å²) in [7, 11) is 1.35. The van der Waals surface area contributed by atoms with Gasteiger partial charge < -0.3 is 4.74 Å². The summed E-state index contributed by atoms with van der Waals surface area (Å²) >= 11 is 3.15. The third-order valence-corrected chi connectivity index (χ3v) is 3.22. The van der Waals surface area contributed by atoms with Gasteiger partial charge in [-0.1, -0.05) is 28.8 Å². The number of rotatable bonds is 2. The fourth-order valence-electron chi connectivity index (χ4n) is 1.87. The topological polar surface area (TPSA) is 46.6 Å². The van der Waals surface area contributed by atoms with Crippen molar-refractivity contribution in [3.8, 4) is 0 Å². The number of hydrogen-bond donors (Lipinski definition) is 0. The standard InChI is InChI=1S/C10H16BrNO3/c1-15-10(14)12-6-4-2-3-5-8(12)9(13)7-11/h8H,2-7H2,1H3. The lowest BCUT2D eigenvalue weighted by Crippen LogP contribution is -2.45. The van der Waals surface area contributed by atoms with Gasteiger partial charge in [0.05, 0.1) is 18.5 Å². The Morgan fingerprint density at radius 1 is 1.40 bits per heavy atom. The van der Waals surface area contributed by atoms with Crippen molar-refractivity contribution >= 4 is 27.8 Å². The van der Waals surface area contributed by atoms with Gasteiger partial charge in [0.2, 0.25) is 0 Å². The van der Waals surface area contributed by atoms with E-state index >= 15 is 0 Å². The Balaban J connectivity index is 2.75. The van der Waals surface area contributed by atoms with Gasteiger partial charge in [0.25, 0.3) is 0 Å². The molecular formula is C10H16BrNO3. The molecule has 0 bridgehead atoms. The number of ketones is 1. The fraction of sp³-hybridized carbons (Fsp3) is 0.800. The van der Waals surface area contributed by atoms with E-state index < -0.39 is 6.09 Å². The van der Waals surface area contributed by atoms with E-state index in [1.165, 1.54) is 7.11 Å². The third kappa shape index (κ3) is 3.19. The number of ether oxygens (including phenoxy) is 1. The summed E-state index contributed by atoms with van der Waals surface area (Å²) in [5.41, 5.74) is 0. The molecule has 1 heterocycles. The highest BCUT2D eigenvalue weighted by atomic mass is 79.9. The number of hydrogen-bond acceptors (Lipinski definition) is 3. The van der Waals surface area contributed by atoms with Crippen LogP contribution in [0.2, 0.25) is 0 Å². The molecule has 1 amide bonds. The van der Waals surface area contributed by atoms with Crippen molar-refractivity contribution in [2.45, 2.75) is 31.7 Å². The van der Waals surface area contributed by atoms with Gasteiger partial charge >= 0.3 is 6.09 Å². The first-order valence-corrected chi connectivity index (χ1v) is 6.26. The number of nitrogens with zero attached hydrogens (tertiary/aromatic N) is 1. The fourth-order valence-corrected chi connectivity index (χ4v) is 2.24. The molecule has 0 spiro atoms. The second-order valence-corrected chi connectivity index (χ2v) is 4.19. The van der Waals surface area contributed by atoms with Crippen LogP contribution in [0.25, 0.3) is 0 Å². The lowest BCUT2D eigenvalue weighted by molar-refractivity contribution is -0.121. The molecule has 15 heavy (non-hydrogen) atoms. The lowest BCUT2D eigenvalue weighted by Gasteiger charge is -2.26. The third-order valence-electron chi connectivity index (χ3n) is 2.67. The summed E-state index contributed by atoms with van der Waals surface area (Å²) in [6, 6.07) is -0.306. The molecular weight excluding hydrogens is 262 g/mol. The summed E-state index contributed by atoms with van der Waals surface area (Å²) in [6.45, 7) is 0.621. The molecule has 1 aliphatic heterocycles. The first-order chi connectivity index (χ1) is 7.20. The predicted molar refractivity (Wildman–Crippen MR) is 60.2 cm³/mol. The molecule has 1 aliphatic rings. The number of alkyl halides is 1. The highest BCUT2D eigenvalue weighted by Gasteiger charge is 2.30. The minimum atomic E-state index is -0.392. The van der Waals surface area contributed by atoms with Gasteiger partial charge in [0.1, 0.15) is 0 Å². The Hall–Kier alpha value is -0.580. The zero-order valence-corrected chi connectivity index (χ0v) is 10.5. The van der Waals surface area contributed by atoms with Gasteiger partial charge in [-0.3, -0.25) is 9.69 Å². The normalized spacial score (nSPS) is 22.0. The zero-order chi connectivity index (χ0) is 11.3. The average molecular weight is 278 g/mol. The minimum Gasteiger partial charge on any atom is -0.453 e. The molecule has 1 atom stereocenters. The van der Waals surface area contributed by atoms with Crippen LogP contribution in [-0.4, -0.2) is 41.8 Å². The smallest absolute Gasteiger partial charge is 0.410 e. The van der Waals surface area contributed by atoms with E-state index in [2.05, 4.69) is 20.7 Å². The van der Waals surface area contributed by atoms with Crippen LogP contribution in [0, 0.1) is 0 Å². The number of amides is 1. The Labute approximate surface area is 98.1 Å². The number of carbonyl (C=O) groups is 2. The maximum absolute atomic E-state index is 11.7. The molecule has 0 aliphatic carbocycles. The van der Waals surface area contributed by atoms with Gasteiger partial charge in [0.15, 0.2) is 5.78 Å². The zero-order valence-electron chi connectivity index (χ0n) is 8.87. The minimum absolute atomic E-state index is 0.0577. The van der Waals surface area contributed by atoms with Crippen molar-refractivity contribution in [1.82, 2.24) is 4.90 Å². The van der Waals surface area contributed by atoms with Crippen molar-refractivity contribution in [2.24, 2.45) is 0 Å². The van der Waals surface area contributed by atoms with Crippen LogP contribution in [0.5, 0.6) is 0 Å². The molecule has 0 radical (unpaired) electrons. The second kappa shape index (κ2) is 6.10. The van der Waals surface area contributed by atoms with Gasteiger partial charge in [-0.2, -0.15) is 0 Å². The Kier molecular flexibility index (Phi) is 5.08. The SMILES string of the molecule is COC(=O)N1CCCCCC1C(=O)CBr. The summed E-state index contributed by atoms with van der Waals surface area (Å²) in [5.74, 6) is 0.0577. The van der Waals surface area contributed by atoms with Crippen LogP contribution < -0.4 is 0 Å². The van der Waals surface area contributed by atoms with E-state index in [-0.39, 0.29) is 11.8 Å². The first kappa shape index (κ1) is 12.5. The molecule has 4 nitrogen and oxygen atoms in total. The van der Waals surface area contributed by atoms with E-state index in [1.807, 2.05) is 0 Å². The first-order valence-electron chi connectivity index (χ1n) is 5.14. The monoisotopic (exact) mass is 277 g/mol. The van der Waals surface area contributed by atoms with Gasteiger partial charge in [-0.15, -0.1) is 0 Å². The van der Waals surface area contributed by atoms with Gasteiger partial charge in [-0.05, 0) is 12.8 Å². The van der Waals surface area contributed by atoms with E-state index in [1.54, 1.807) is 4.90 Å². The van der Waals surface area contributed by atoms with Crippen LogP contribution in [0.3, 0.4) is 0 Å². The van der Waals surface area contributed by atoms with Crippen LogP contribution in [0.15, 0.2) is 0 Å². The van der Waals surface area contributed by atoms with E-state index in [9.17, 15) is 9.59 Å². The Bertz CT molecular complexity index is 221. The van der Waals surface area contributed by atoms with E-state index in [0.29, 0.717) is 11.9 Å².